The molecule has 0 aliphatic heterocycles. The summed E-state index contributed by atoms with van der Waals surface area (Å²) >= 11 is -3.97. The third-order valence-electron chi connectivity index (χ3n) is 3.21. The molecule has 0 saturated heterocycles. The monoisotopic (exact) mass is 320 g/mol. The summed E-state index contributed by atoms with van der Waals surface area (Å²) in [5, 5.41) is 0. The van der Waals surface area contributed by atoms with Gasteiger partial charge in [-0.05, 0) is 0 Å². The van der Waals surface area contributed by atoms with Crippen LogP contribution in [0.2, 0.25) is 0 Å². The molecule has 0 atom stereocenters. The number of allylic oxidation sites excluding steroid dienone is 8. The number of carbonyl (C=O) groups is 2. The van der Waals surface area contributed by atoms with E-state index in [-0.39, 0.29) is 0 Å². The van der Waals surface area contributed by atoms with E-state index in [9.17, 15) is 9.59 Å². The molecule has 2 aliphatic carbocycles. The van der Waals surface area contributed by atoms with E-state index in [0.717, 1.165) is 19.9 Å². The van der Waals surface area contributed by atoms with Crippen LogP contribution in [0.15, 0.2) is 69.5 Å². The fourth-order valence-corrected chi connectivity index (χ4v) is 7.10. The van der Waals surface area contributed by atoms with Crippen LogP contribution in [0.5, 0.6) is 0 Å². The molecule has 0 amide bonds. The summed E-state index contributed by atoms with van der Waals surface area (Å²) in [6.45, 7) is 6.84. The second-order valence-electron chi connectivity index (χ2n) is 4.52. The molecule has 4 nitrogen and oxygen atoms in total. The van der Waals surface area contributed by atoms with Crippen molar-refractivity contribution in [3.8, 4) is 0 Å². The predicted octanol–water partition coefficient (Wildman–Crippen LogP) is 3.12. The zero-order chi connectivity index (χ0) is 15.3. The van der Waals surface area contributed by atoms with Crippen molar-refractivity contribution in [2.45, 2.75) is 12.8 Å². The summed E-state index contributed by atoms with van der Waals surface area (Å²) in [5.41, 5.74) is 0. The third-order valence-corrected chi connectivity index (χ3v) is 8.53. The van der Waals surface area contributed by atoms with E-state index < -0.39 is 29.3 Å². The third kappa shape index (κ3) is 3.23. The Balaban J connectivity index is 2.45. The molecule has 2 aliphatic rings. The van der Waals surface area contributed by atoms with Crippen molar-refractivity contribution in [2.24, 2.45) is 0 Å². The van der Waals surface area contributed by atoms with Gasteiger partial charge in [-0.25, -0.2) is 0 Å². The van der Waals surface area contributed by atoms with Crippen molar-refractivity contribution in [2.75, 3.05) is 0 Å². The van der Waals surface area contributed by atoms with Crippen molar-refractivity contribution >= 4 is 11.9 Å². The van der Waals surface area contributed by atoms with Crippen molar-refractivity contribution in [1.82, 2.24) is 0 Å². The number of carbonyl (C=O) groups excluding carboxylic acids is 2. The van der Waals surface area contributed by atoms with Gasteiger partial charge in [-0.2, -0.15) is 0 Å². The summed E-state index contributed by atoms with van der Waals surface area (Å²) in [4.78, 5) is 23.6. The summed E-state index contributed by atoms with van der Waals surface area (Å²) in [6.07, 6.45) is 14.8. The van der Waals surface area contributed by atoms with E-state index in [2.05, 4.69) is 13.2 Å². The molecule has 0 fully saturated rings. The Bertz CT molecular complexity index is 554. The van der Waals surface area contributed by atoms with E-state index in [1.54, 1.807) is 0 Å². The van der Waals surface area contributed by atoms with Crippen molar-refractivity contribution in [3.05, 3.63) is 69.5 Å². The van der Waals surface area contributed by atoms with E-state index in [0.29, 0.717) is 12.8 Å². The van der Waals surface area contributed by atoms with Crippen LogP contribution in [0.3, 0.4) is 0 Å². The van der Waals surface area contributed by atoms with Crippen LogP contribution in [-0.2, 0) is 33.6 Å². The van der Waals surface area contributed by atoms with Crippen molar-refractivity contribution < 1.29 is 33.6 Å². The second kappa shape index (κ2) is 6.70. The van der Waals surface area contributed by atoms with Gasteiger partial charge in [0.05, 0.1) is 0 Å². The normalized spacial score (nSPS) is 16.2. The van der Waals surface area contributed by atoms with Crippen LogP contribution in [-0.4, -0.2) is 11.9 Å². The van der Waals surface area contributed by atoms with Crippen LogP contribution in [0.25, 0.3) is 0 Å². The molecule has 21 heavy (non-hydrogen) atoms. The van der Waals surface area contributed by atoms with Crippen LogP contribution in [0, 0.1) is 0 Å². The maximum atomic E-state index is 11.8. The standard InChI is InChI=1S/2C5H5.2C3H4O2.Ti/c2*1-2-4-5-3-1;2*1-2-3(4)5;/h2*1-3H,4H2;2*2H,1H2,(H,4,5);/q;;;;+2/p-2. The first-order valence-electron chi connectivity index (χ1n) is 6.55. The molecule has 0 aromatic rings. The molecular formula is C16H16O4Ti. The molecule has 2 rings (SSSR count). The van der Waals surface area contributed by atoms with Gasteiger partial charge in [0.15, 0.2) is 0 Å². The average molecular weight is 320 g/mol. The number of hydrogen-bond acceptors (Lipinski definition) is 4. The molecule has 0 spiro atoms. The summed E-state index contributed by atoms with van der Waals surface area (Å²) in [7, 11) is 0. The molecule has 0 radical (unpaired) electrons. The molecule has 5 heteroatoms. The molecule has 0 heterocycles. The Morgan fingerprint density at radius 2 is 1.38 bits per heavy atom. The van der Waals surface area contributed by atoms with Crippen LogP contribution >= 0.6 is 0 Å². The maximum absolute atomic E-state index is 11.8. The van der Waals surface area contributed by atoms with Gasteiger partial charge in [0.2, 0.25) is 0 Å². The van der Waals surface area contributed by atoms with E-state index in [4.69, 9.17) is 6.64 Å². The minimum absolute atomic E-state index is 0.576. The van der Waals surface area contributed by atoms with Gasteiger partial charge in [0, 0.05) is 0 Å². The predicted molar refractivity (Wildman–Crippen MR) is 76.3 cm³/mol. The van der Waals surface area contributed by atoms with Gasteiger partial charge in [-0.3, -0.25) is 0 Å². The Morgan fingerprint density at radius 3 is 1.67 bits per heavy atom. The first-order valence-corrected chi connectivity index (χ1v) is 9.39. The second-order valence-corrected chi connectivity index (χ2v) is 9.08. The van der Waals surface area contributed by atoms with E-state index in [1.165, 1.54) is 0 Å². The number of hydrogen-bond donors (Lipinski definition) is 0. The minimum atomic E-state index is -3.97. The Morgan fingerprint density at radius 1 is 0.952 bits per heavy atom. The van der Waals surface area contributed by atoms with Crippen molar-refractivity contribution in [3.63, 3.8) is 0 Å². The van der Waals surface area contributed by atoms with Gasteiger partial charge in [-0.1, -0.05) is 0 Å². The summed E-state index contributed by atoms with van der Waals surface area (Å²) < 4.78 is 13.0. The van der Waals surface area contributed by atoms with Gasteiger partial charge in [-0.15, -0.1) is 0 Å². The first kappa shape index (κ1) is 15.5. The Labute approximate surface area is 128 Å². The van der Waals surface area contributed by atoms with Crippen LogP contribution in [0.4, 0.5) is 0 Å². The van der Waals surface area contributed by atoms with Crippen LogP contribution in [0.1, 0.15) is 12.8 Å². The SMILES string of the molecule is C=CC(=O)[O][Ti]([O]C(=O)C=C)([C]1=CC=CC1)[C]1=CC=CC1. The van der Waals surface area contributed by atoms with E-state index in [1.807, 2.05) is 36.5 Å². The first-order chi connectivity index (χ1) is 10.1. The Hall–Kier alpha value is -1.91. The van der Waals surface area contributed by atoms with Gasteiger partial charge in [0.1, 0.15) is 0 Å². The fourth-order valence-electron chi connectivity index (χ4n) is 2.24. The Kier molecular flexibility index (Phi) is 4.94. The zero-order valence-corrected chi connectivity index (χ0v) is 13.1. The molecule has 0 N–H and O–H groups in total. The molecule has 0 bridgehead atoms. The molecule has 0 aromatic heterocycles. The summed E-state index contributed by atoms with van der Waals surface area (Å²) in [5.74, 6) is -1.15. The zero-order valence-electron chi connectivity index (χ0n) is 11.6. The molecule has 0 unspecified atom stereocenters. The van der Waals surface area contributed by atoms with E-state index >= 15 is 0 Å². The average Bonchev–Trinajstić information content (AvgIpc) is 3.18. The quantitative estimate of drug-likeness (QED) is 0.557. The summed E-state index contributed by atoms with van der Waals surface area (Å²) in [6, 6.07) is 0. The molecule has 108 valence electrons. The number of rotatable bonds is 6. The fraction of sp³-hybridized carbons (Fsp3) is 0.125. The molecule has 0 saturated carbocycles. The van der Waals surface area contributed by atoms with Crippen molar-refractivity contribution in [1.29, 1.82) is 0 Å². The topological polar surface area (TPSA) is 52.6 Å². The van der Waals surface area contributed by atoms with Crippen LogP contribution < -0.4 is 0 Å². The van der Waals surface area contributed by atoms with Gasteiger partial charge < -0.3 is 0 Å². The van der Waals surface area contributed by atoms with Gasteiger partial charge in [0.25, 0.3) is 0 Å². The molecule has 0 aromatic carbocycles. The molecular weight excluding hydrogens is 304 g/mol. The van der Waals surface area contributed by atoms with Gasteiger partial charge >= 0.3 is 128 Å².